The molecule has 0 aromatic carbocycles. The van der Waals surface area contributed by atoms with Gasteiger partial charge in [0.05, 0.1) is 12.5 Å². The zero-order valence-corrected chi connectivity index (χ0v) is 12.1. The van der Waals surface area contributed by atoms with Crippen LogP contribution in [0.5, 0.6) is 0 Å². The minimum absolute atomic E-state index is 0.0919. The van der Waals surface area contributed by atoms with Gasteiger partial charge in [0.15, 0.2) is 0 Å². The van der Waals surface area contributed by atoms with Gasteiger partial charge in [0.1, 0.15) is 5.69 Å². The van der Waals surface area contributed by atoms with Crippen LogP contribution in [0, 0.1) is 0 Å². The lowest BCUT2D eigenvalue weighted by molar-refractivity contribution is 0.0688. The molecule has 2 N–H and O–H groups in total. The number of hydrogen-bond acceptors (Lipinski definition) is 5. The number of nitrogens with one attached hydrogen (secondary N) is 1. The maximum Gasteiger partial charge on any atom is 0.354 e. The van der Waals surface area contributed by atoms with E-state index in [-0.39, 0.29) is 5.69 Å². The summed E-state index contributed by atoms with van der Waals surface area (Å²) in [5.41, 5.74) is 0.708. The Balaban J connectivity index is 2.01. The fraction of sp³-hybridized carbons (Fsp3) is 0.636. The summed E-state index contributed by atoms with van der Waals surface area (Å²) in [5, 5.41) is 15.2. The summed E-state index contributed by atoms with van der Waals surface area (Å²) in [6, 6.07) is 0. The van der Waals surface area contributed by atoms with Crippen LogP contribution in [0.15, 0.2) is 6.20 Å². The number of carboxylic acid groups (broad SMARTS) is 1. The van der Waals surface area contributed by atoms with Gasteiger partial charge in [0.2, 0.25) is 10.0 Å². The number of carboxylic acids is 1. The highest BCUT2D eigenvalue weighted by Gasteiger charge is 2.22. The lowest BCUT2D eigenvalue weighted by Gasteiger charge is -2.20. The Kier molecular flexibility index (Phi) is 4.41. The molecule has 1 aliphatic rings. The summed E-state index contributed by atoms with van der Waals surface area (Å²) in [6.45, 7) is 2.70. The van der Waals surface area contributed by atoms with Crippen molar-refractivity contribution in [1.29, 1.82) is 0 Å². The molecular formula is C11H18N4O4S. The quantitative estimate of drug-likeness (QED) is 0.782. The molecule has 0 bridgehead atoms. The van der Waals surface area contributed by atoms with Crippen LogP contribution in [0.3, 0.4) is 0 Å². The van der Waals surface area contributed by atoms with Gasteiger partial charge in [-0.05, 0) is 13.0 Å². The molecule has 0 amide bonds. The van der Waals surface area contributed by atoms with Gasteiger partial charge in [-0.1, -0.05) is 0 Å². The Morgan fingerprint density at radius 2 is 2.15 bits per heavy atom. The number of H-pyrrole nitrogens is 1. The van der Waals surface area contributed by atoms with Gasteiger partial charge in [0, 0.05) is 31.7 Å². The van der Waals surface area contributed by atoms with Crippen LogP contribution in [-0.2, 0) is 16.6 Å². The molecule has 20 heavy (non-hydrogen) atoms. The van der Waals surface area contributed by atoms with E-state index in [1.165, 1.54) is 16.8 Å². The zero-order valence-electron chi connectivity index (χ0n) is 11.2. The van der Waals surface area contributed by atoms with Crippen LogP contribution in [0.2, 0.25) is 0 Å². The molecule has 1 aromatic rings. The number of sulfonamides is 1. The predicted molar refractivity (Wildman–Crippen MR) is 71.9 cm³/mol. The van der Waals surface area contributed by atoms with E-state index in [2.05, 4.69) is 10.2 Å². The van der Waals surface area contributed by atoms with Crippen LogP contribution < -0.4 is 0 Å². The monoisotopic (exact) mass is 302 g/mol. The maximum absolute atomic E-state index is 11.5. The molecule has 9 heteroatoms. The molecule has 8 nitrogen and oxygen atoms in total. The summed E-state index contributed by atoms with van der Waals surface area (Å²) in [5.74, 6) is -1.04. The SMILES string of the molecule is CS(=O)(=O)N1CCCN(Cc2cn[nH]c2C(=O)O)CC1. The summed E-state index contributed by atoms with van der Waals surface area (Å²) >= 11 is 0. The van der Waals surface area contributed by atoms with E-state index >= 15 is 0 Å². The molecule has 2 rings (SSSR count). The summed E-state index contributed by atoms with van der Waals surface area (Å²) in [6.07, 6.45) is 3.44. The largest absolute Gasteiger partial charge is 0.477 e. The Labute approximate surface area is 117 Å². The fourth-order valence-corrected chi connectivity index (χ4v) is 3.17. The smallest absolute Gasteiger partial charge is 0.354 e. The number of aromatic carboxylic acids is 1. The van der Waals surface area contributed by atoms with Crippen molar-refractivity contribution in [3.05, 3.63) is 17.5 Å². The van der Waals surface area contributed by atoms with Crippen molar-refractivity contribution in [1.82, 2.24) is 19.4 Å². The molecule has 1 saturated heterocycles. The molecule has 0 saturated carbocycles. The molecular weight excluding hydrogens is 284 g/mol. The van der Waals surface area contributed by atoms with E-state index in [0.29, 0.717) is 31.7 Å². The van der Waals surface area contributed by atoms with Gasteiger partial charge < -0.3 is 5.11 Å². The number of aromatic amines is 1. The highest BCUT2D eigenvalue weighted by atomic mass is 32.2. The average molecular weight is 302 g/mol. The standard InChI is InChI=1S/C11H18N4O4S/c1-20(18,19)15-4-2-3-14(5-6-15)8-9-7-12-13-10(9)11(16)17/h7H,2-6,8H2,1H3,(H,12,13)(H,16,17). The van der Waals surface area contributed by atoms with Gasteiger partial charge in [-0.25, -0.2) is 17.5 Å². The molecule has 0 unspecified atom stereocenters. The minimum Gasteiger partial charge on any atom is -0.477 e. The molecule has 1 fully saturated rings. The van der Waals surface area contributed by atoms with Crippen molar-refractivity contribution in [2.45, 2.75) is 13.0 Å². The van der Waals surface area contributed by atoms with E-state index in [9.17, 15) is 13.2 Å². The average Bonchev–Trinajstić information content (AvgIpc) is 2.65. The summed E-state index contributed by atoms with van der Waals surface area (Å²) in [7, 11) is -3.16. The van der Waals surface area contributed by atoms with E-state index in [0.717, 1.165) is 13.0 Å². The van der Waals surface area contributed by atoms with Crippen molar-refractivity contribution in [3.8, 4) is 0 Å². The number of carbonyl (C=O) groups is 1. The van der Waals surface area contributed by atoms with E-state index in [1.807, 2.05) is 4.90 Å². The first-order valence-corrected chi connectivity index (χ1v) is 8.16. The Morgan fingerprint density at radius 3 is 2.80 bits per heavy atom. The second-order valence-electron chi connectivity index (χ2n) is 4.87. The number of rotatable bonds is 4. The highest BCUT2D eigenvalue weighted by molar-refractivity contribution is 7.88. The third-order valence-electron chi connectivity index (χ3n) is 3.34. The van der Waals surface area contributed by atoms with Crippen LogP contribution in [-0.4, -0.2) is 71.3 Å². The maximum atomic E-state index is 11.5. The van der Waals surface area contributed by atoms with Crippen molar-refractivity contribution < 1.29 is 18.3 Å². The van der Waals surface area contributed by atoms with Crippen LogP contribution in [0.4, 0.5) is 0 Å². The Morgan fingerprint density at radius 1 is 1.40 bits per heavy atom. The van der Waals surface area contributed by atoms with Crippen LogP contribution >= 0.6 is 0 Å². The van der Waals surface area contributed by atoms with E-state index < -0.39 is 16.0 Å². The van der Waals surface area contributed by atoms with E-state index in [4.69, 9.17) is 5.11 Å². The lowest BCUT2D eigenvalue weighted by Crippen LogP contribution is -2.34. The predicted octanol–water partition coefficient (Wildman–Crippen LogP) is -0.425. The Hall–Kier alpha value is -1.45. The van der Waals surface area contributed by atoms with Crippen molar-refractivity contribution in [3.63, 3.8) is 0 Å². The molecule has 0 radical (unpaired) electrons. The third kappa shape index (κ3) is 3.56. The number of hydrogen-bond donors (Lipinski definition) is 2. The van der Waals surface area contributed by atoms with Crippen molar-refractivity contribution >= 4 is 16.0 Å². The zero-order chi connectivity index (χ0) is 14.8. The summed E-state index contributed by atoms with van der Waals surface area (Å²) < 4.78 is 24.5. The first kappa shape index (κ1) is 14.9. The van der Waals surface area contributed by atoms with Gasteiger partial charge in [-0.3, -0.25) is 10.00 Å². The van der Waals surface area contributed by atoms with E-state index in [1.54, 1.807) is 0 Å². The van der Waals surface area contributed by atoms with Gasteiger partial charge in [-0.2, -0.15) is 5.10 Å². The first-order chi connectivity index (χ1) is 9.38. The molecule has 1 aliphatic heterocycles. The fourth-order valence-electron chi connectivity index (χ4n) is 2.29. The molecule has 0 aliphatic carbocycles. The number of nitrogens with zero attached hydrogens (tertiary/aromatic N) is 3. The summed E-state index contributed by atoms with van der Waals surface area (Å²) in [4.78, 5) is 13.0. The third-order valence-corrected chi connectivity index (χ3v) is 4.65. The lowest BCUT2D eigenvalue weighted by atomic mass is 10.2. The van der Waals surface area contributed by atoms with Crippen LogP contribution in [0.25, 0.3) is 0 Å². The second kappa shape index (κ2) is 5.90. The Bertz CT molecular complexity index is 583. The number of aromatic nitrogens is 2. The molecule has 0 spiro atoms. The second-order valence-corrected chi connectivity index (χ2v) is 6.85. The molecule has 2 heterocycles. The van der Waals surface area contributed by atoms with Crippen molar-refractivity contribution in [2.75, 3.05) is 32.4 Å². The minimum atomic E-state index is -3.16. The topological polar surface area (TPSA) is 107 Å². The molecule has 112 valence electrons. The van der Waals surface area contributed by atoms with Crippen molar-refractivity contribution in [2.24, 2.45) is 0 Å². The van der Waals surface area contributed by atoms with Gasteiger partial charge in [-0.15, -0.1) is 0 Å². The van der Waals surface area contributed by atoms with Crippen LogP contribution in [0.1, 0.15) is 22.5 Å². The molecule has 0 atom stereocenters. The van der Waals surface area contributed by atoms with Gasteiger partial charge in [0.25, 0.3) is 0 Å². The van der Waals surface area contributed by atoms with Gasteiger partial charge >= 0.3 is 5.97 Å². The highest BCUT2D eigenvalue weighted by Crippen LogP contribution is 2.12. The molecule has 1 aromatic heterocycles. The first-order valence-electron chi connectivity index (χ1n) is 6.31. The normalized spacial score (nSPS) is 18.9.